The van der Waals surface area contributed by atoms with Gasteiger partial charge in [-0.05, 0) is 12.3 Å². The van der Waals surface area contributed by atoms with E-state index in [2.05, 4.69) is 32.7 Å². The second-order valence-corrected chi connectivity index (χ2v) is 5.74. The van der Waals surface area contributed by atoms with E-state index in [1.165, 1.54) is 0 Å². The lowest BCUT2D eigenvalue weighted by molar-refractivity contribution is 0.0624. The standard InChI is InChI=1S/C13H24N4O/c1-10(13(2,3)4)16(5)12(18)11-8-17(7-6-14)9-15-11/h8-10H,6-7,14H2,1-5H3. The normalized spacial score (nSPS) is 13.4. The largest absolute Gasteiger partial charge is 0.337 e. The number of rotatable bonds is 4. The van der Waals surface area contributed by atoms with Crippen molar-refractivity contribution >= 4 is 5.91 Å². The SMILES string of the molecule is CC(N(C)C(=O)c1cn(CCN)cn1)C(C)(C)C. The van der Waals surface area contributed by atoms with Crippen molar-refractivity contribution in [2.45, 2.75) is 40.3 Å². The van der Waals surface area contributed by atoms with Crippen LogP contribution in [0.4, 0.5) is 0 Å². The number of carbonyl (C=O) groups excluding carboxylic acids is 1. The van der Waals surface area contributed by atoms with Gasteiger partial charge >= 0.3 is 0 Å². The average molecular weight is 252 g/mol. The third kappa shape index (κ3) is 3.32. The first kappa shape index (κ1) is 14.7. The second-order valence-electron chi connectivity index (χ2n) is 5.74. The van der Waals surface area contributed by atoms with Crippen LogP contribution in [0.15, 0.2) is 12.5 Å². The molecule has 18 heavy (non-hydrogen) atoms. The average Bonchev–Trinajstić information content (AvgIpc) is 2.74. The molecule has 1 unspecified atom stereocenters. The predicted molar refractivity (Wildman–Crippen MR) is 72.3 cm³/mol. The monoisotopic (exact) mass is 252 g/mol. The molecule has 0 aliphatic heterocycles. The summed E-state index contributed by atoms with van der Waals surface area (Å²) < 4.78 is 1.84. The van der Waals surface area contributed by atoms with Gasteiger partial charge in [0, 0.05) is 32.4 Å². The van der Waals surface area contributed by atoms with Gasteiger partial charge in [0.2, 0.25) is 0 Å². The lowest BCUT2D eigenvalue weighted by Gasteiger charge is -2.35. The summed E-state index contributed by atoms with van der Waals surface area (Å²) in [5.41, 5.74) is 5.99. The molecule has 1 atom stereocenters. The number of nitrogens with zero attached hydrogens (tertiary/aromatic N) is 3. The van der Waals surface area contributed by atoms with Crippen LogP contribution in [0.2, 0.25) is 0 Å². The minimum atomic E-state index is -0.0480. The highest BCUT2D eigenvalue weighted by Gasteiger charge is 2.28. The molecule has 0 spiro atoms. The molecule has 0 bridgehead atoms. The summed E-state index contributed by atoms with van der Waals surface area (Å²) >= 11 is 0. The van der Waals surface area contributed by atoms with Crippen LogP contribution in [0.3, 0.4) is 0 Å². The molecule has 2 N–H and O–H groups in total. The minimum Gasteiger partial charge on any atom is -0.337 e. The molecule has 5 heteroatoms. The highest BCUT2D eigenvalue weighted by molar-refractivity contribution is 5.92. The van der Waals surface area contributed by atoms with E-state index < -0.39 is 0 Å². The number of hydrogen-bond acceptors (Lipinski definition) is 3. The summed E-state index contributed by atoms with van der Waals surface area (Å²) in [7, 11) is 1.82. The molecule has 0 saturated heterocycles. The van der Waals surface area contributed by atoms with E-state index >= 15 is 0 Å². The van der Waals surface area contributed by atoms with Gasteiger partial charge in [0.1, 0.15) is 5.69 Å². The molecule has 0 saturated carbocycles. The van der Waals surface area contributed by atoms with E-state index in [9.17, 15) is 4.79 Å². The number of amides is 1. The summed E-state index contributed by atoms with van der Waals surface area (Å²) in [6.45, 7) is 9.63. The quantitative estimate of drug-likeness (QED) is 0.879. The zero-order chi connectivity index (χ0) is 13.9. The third-order valence-electron chi connectivity index (χ3n) is 3.39. The first-order valence-electron chi connectivity index (χ1n) is 6.26. The number of hydrogen-bond donors (Lipinski definition) is 1. The van der Waals surface area contributed by atoms with Gasteiger partial charge in [0.05, 0.1) is 6.33 Å². The van der Waals surface area contributed by atoms with Crippen molar-refractivity contribution in [2.24, 2.45) is 11.1 Å². The number of carbonyl (C=O) groups is 1. The van der Waals surface area contributed by atoms with E-state index in [4.69, 9.17) is 5.73 Å². The van der Waals surface area contributed by atoms with Crippen LogP contribution in [-0.4, -0.2) is 40.0 Å². The molecular formula is C13H24N4O. The molecule has 1 aromatic heterocycles. The predicted octanol–water partition coefficient (Wildman–Crippen LogP) is 1.35. The number of imidazole rings is 1. The zero-order valence-corrected chi connectivity index (χ0v) is 12.0. The Labute approximate surface area is 109 Å². The van der Waals surface area contributed by atoms with Gasteiger partial charge in [-0.2, -0.15) is 0 Å². The van der Waals surface area contributed by atoms with Gasteiger partial charge in [-0.25, -0.2) is 4.98 Å². The molecule has 5 nitrogen and oxygen atoms in total. The van der Waals surface area contributed by atoms with Crippen LogP contribution in [-0.2, 0) is 6.54 Å². The summed E-state index contributed by atoms with van der Waals surface area (Å²) in [6.07, 6.45) is 3.40. The molecule has 0 aromatic carbocycles. The molecule has 0 fully saturated rings. The zero-order valence-electron chi connectivity index (χ0n) is 12.0. The van der Waals surface area contributed by atoms with Gasteiger partial charge in [0.25, 0.3) is 5.91 Å². The van der Waals surface area contributed by atoms with Crippen molar-refractivity contribution < 1.29 is 4.79 Å². The third-order valence-corrected chi connectivity index (χ3v) is 3.39. The van der Waals surface area contributed by atoms with E-state index in [1.54, 1.807) is 17.4 Å². The number of nitrogens with two attached hydrogens (primary N) is 1. The van der Waals surface area contributed by atoms with Crippen molar-refractivity contribution in [3.8, 4) is 0 Å². The van der Waals surface area contributed by atoms with Crippen LogP contribution in [0.25, 0.3) is 0 Å². The fourth-order valence-electron chi connectivity index (χ4n) is 1.68. The van der Waals surface area contributed by atoms with E-state index in [-0.39, 0.29) is 17.4 Å². The van der Waals surface area contributed by atoms with Crippen molar-refractivity contribution in [2.75, 3.05) is 13.6 Å². The molecule has 1 rings (SSSR count). The Balaban J connectivity index is 2.80. The molecular weight excluding hydrogens is 228 g/mol. The number of aromatic nitrogens is 2. The summed E-state index contributed by atoms with van der Waals surface area (Å²) in [6, 6.07) is 0.143. The molecule has 0 aliphatic carbocycles. The van der Waals surface area contributed by atoms with E-state index in [0.717, 1.165) is 0 Å². The second kappa shape index (κ2) is 5.52. The van der Waals surface area contributed by atoms with Crippen LogP contribution in [0, 0.1) is 5.41 Å². The van der Waals surface area contributed by atoms with Crippen molar-refractivity contribution in [1.82, 2.24) is 14.5 Å². The summed E-state index contributed by atoms with van der Waals surface area (Å²) in [4.78, 5) is 18.2. The van der Waals surface area contributed by atoms with Gasteiger partial charge in [-0.15, -0.1) is 0 Å². The van der Waals surface area contributed by atoms with Gasteiger partial charge in [-0.1, -0.05) is 20.8 Å². The molecule has 1 aromatic rings. The topological polar surface area (TPSA) is 64.2 Å². The Hall–Kier alpha value is -1.36. The van der Waals surface area contributed by atoms with Crippen molar-refractivity contribution in [3.63, 3.8) is 0 Å². The van der Waals surface area contributed by atoms with Gasteiger partial charge < -0.3 is 15.2 Å². The molecule has 1 heterocycles. The summed E-state index contributed by atoms with van der Waals surface area (Å²) in [5, 5.41) is 0. The minimum absolute atomic E-state index is 0.0459. The smallest absolute Gasteiger partial charge is 0.274 e. The van der Waals surface area contributed by atoms with E-state index in [1.807, 2.05) is 11.6 Å². The fourth-order valence-corrected chi connectivity index (χ4v) is 1.68. The molecule has 0 aliphatic rings. The van der Waals surface area contributed by atoms with Gasteiger partial charge in [-0.3, -0.25) is 4.79 Å². The van der Waals surface area contributed by atoms with Crippen LogP contribution >= 0.6 is 0 Å². The molecule has 1 amide bonds. The van der Waals surface area contributed by atoms with Crippen LogP contribution in [0.5, 0.6) is 0 Å². The van der Waals surface area contributed by atoms with Crippen molar-refractivity contribution in [1.29, 1.82) is 0 Å². The highest BCUT2D eigenvalue weighted by atomic mass is 16.2. The Morgan fingerprint density at radius 3 is 2.67 bits per heavy atom. The van der Waals surface area contributed by atoms with E-state index in [0.29, 0.717) is 18.8 Å². The lowest BCUT2D eigenvalue weighted by Crippen LogP contribution is -2.43. The van der Waals surface area contributed by atoms with Gasteiger partial charge in [0.15, 0.2) is 0 Å². The first-order chi connectivity index (χ1) is 8.27. The highest BCUT2D eigenvalue weighted by Crippen LogP contribution is 2.23. The first-order valence-corrected chi connectivity index (χ1v) is 6.26. The Morgan fingerprint density at radius 1 is 1.56 bits per heavy atom. The molecule has 0 radical (unpaired) electrons. The Bertz CT molecular complexity index is 405. The van der Waals surface area contributed by atoms with Crippen LogP contribution < -0.4 is 5.73 Å². The maximum absolute atomic E-state index is 12.3. The van der Waals surface area contributed by atoms with Crippen LogP contribution in [0.1, 0.15) is 38.2 Å². The lowest BCUT2D eigenvalue weighted by atomic mass is 9.87. The van der Waals surface area contributed by atoms with Crippen molar-refractivity contribution in [3.05, 3.63) is 18.2 Å². The summed E-state index contributed by atoms with van der Waals surface area (Å²) in [5.74, 6) is -0.0480. The Kier molecular flexibility index (Phi) is 4.51. The maximum atomic E-state index is 12.3. The fraction of sp³-hybridized carbons (Fsp3) is 0.692. The maximum Gasteiger partial charge on any atom is 0.274 e. The molecule has 102 valence electrons. The Morgan fingerprint density at radius 2 is 2.17 bits per heavy atom.